The van der Waals surface area contributed by atoms with Gasteiger partial charge in [-0.2, -0.15) is 4.37 Å². The molecule has 0 unspecified atom stereocenters. The molecular weight excluding hydrogens is 236 g/mol. The van der Waals surface area contributed by atoms with Crippen molar-refractivity contribution in [2.45, 2.75) is 38.6 Å². The van der Waals surface area contributed by atoms with Crippen molar-refractivity contribution in [3.8, 4) is 0 Å². The van der Waals surface area contributed by atoms with E-state index >= 15 is 0 Å². The number of hydrogen-bond donors (Lipinski definition) is 1. The number of aromatic nitrogens is 1. The summed E-state index contributed by atoms with van der Waals surface area (Å²) in [6.07, 6.45) is 1.79. The van der Waals surface area contributed by atoms with Crippen LogP contribution < -0.4 is 5.32 Å². The SMILES string of the molecule is CC(C)c1cc(C(=O)NC2CCOCC2)ns1. The zero-order chi connectivity index (χ0) is 12.3. The zero-order valence-corrected chi connectivity index (χ0v) is 11.0. The van der Waals surface area contributed by atoms with E-state index in [-0.39, 0.29) is 11.9 Å². The lowest BCUT2D eigenvalue weighted by atomic mass is 10.1. The van der Waals surface area contributed by atoms with Crippen LogP contribution in [0.5, 0.6) is 0 Å². The van der Waals surface area contributed by atoms with Crippen molar-refractivity contribution in [1.29, 1.82) is 0 Å². The molecule has 0 saturated carbocycles. The summed E-state index contributed by atoms with van der Waals surface area (Å²) in [7, 11) is 0. The van der Waals surface area contributed by atoms with Gasteiger partial charge in [0, 0.05) is 24.1 Å². The highest BCUT2D eigenvalue weighted by atomic mass is 32.1. The quantitative estimate of drug-likeness (QED) is 0.899. The highest BCUT2D eigenvalue weighted by Gasteiger charge is 2.19. The molecule has 1 saturated heterocycles. The molecule has 1 N–H and O–H groups in total. The van der Waals surface area contributed by atoms with Gasteiger partial charge in [-0.05, 0) is 36.4 Å². The van der Waals surface area contributed by atoms with Crippen LogP contribution in [0.4, 0.5) is 0 Å². The van der Waals surface area contributed by atoms with Crippen molar-refractivity contribution in [2.24, 2.45) is 0 Å². The largest absolute Gasteiger partial charge is 0.381 e. The molecule has 0 aliphatic carbocycles. The Balaban J connectivity index is 1.94. The van der Waals surface area contributed by atoms with Crippen LogP contribution in [0.25, 0.3) is 0 Å². The van der Waals surface area contributed by atoms with Crippen molar-refractivity contribution in [1.82, 2.24) is 9.69 Å². The average Bonchev–Trinajstić information content (AvgIpc) is 2.79. The van der Waals surface area contributed by atoms with E-state index in [4.69, 9.17) is 4.74 Å². The second kappa shape index (κ2) is 5.60. The Morgan fingerprint density at radius 1 is 1.53 bits per heavy atom. The molecule has 1 aromatic heterocycles. The van der Waals surface area contributed by atoms with Gasteiger partial charge < -0.3 is 10.1 Å². The summed E-state index contributed by atoms with van der Waals surface area (Å²) in [6.45, 7) is 5.68. The third kappa shape index (κ3) is 3.26. The number of nitrogens with zero attached hydrogens (tertiary/aromatic N) is 1. The average molecular weight is 254 g/mol. The van der Waals surface area contributed by atoms with Gasteiger partial charge in [0.1, 0.15) is 5.69 Å². The Bertz CT molecular complexity index is 384. The summed E-state index contributed by atoms with van der Waals surface area (Å²) in [4.78, 5) is 13.1. The van der Waals surface area contributed by atoms with E-state index in [2.05, 4.69) is 23.5 Å². The van der Waals surface area contributed by atoms with Crippen LogP contribution >= 0.6 is 11.5 Å². The van der Waals surface area contributed by atoms with E-state index < -0.39 is 0 Å². The number of hydrogen-bond acceptors (Lipinski definition) is 4. The summed E-state index contributed by atoms with van der Waals surface area (Å²) in [5, 5.41) is 3.01. The molecule has 1 aromatic rings. The highest BCUT2D eigenvalue weighted by molar-refractivity contribution is 7.06. The van der Waals surface area contributed by atoms with Gasteiger partial charge in [-0.3, -0.25) is 4.79 Å². The van der Waals surface area contributed by atoms with Crippen LogP contribution in [0.15, 0.2) is 6.07 Å². The van der Waals surface area contributed by atoms with Gasteiger partial charge in [0.05, 0.1) is 0 Å². The predicted octanol–water partition coefficient (Wildman–Crippen LogP) is 2.18. The van der Waals surface area contributed by atoms with E-state index in [0.29, 0.717) is 11.6 Å². The third-order valence-corrected chi connectivity index (χ3v) is 3.97. The van der Waals surface area contributed by atoms with Gasteiger partial charge in [0.2, 0.25) is 0 Å². The molecule has 2 rings (SSSR count). The minimum absolute atomic E-state index is 0.0555. The van der Waals surface area contributed by atoms with E-state index in [1.54, 1.807) is 0 Å². The molecule has 1 fully saturated rings. The van der Waals surface area contributed by atoms with Crippen molar-refractivity contribution in [2.75, 3.05) is 13.2 Å². The first-order valence-electron chi connectivity index (χ1n) is 6.02. The maximum atomic E-state index is 11.9. The molecule has 5 heteroatoms. The normalized spacial score (nSPS) is 17.4. The fraction of sp³-hybridized carbons (Fsp3) is 0.667. The standard InChI is InChI=1S/C12H18N2O2S/c1-8(2)11-7-10(14-17-11)12(15)13-9-3-5-16-6-4-9/h7-9H,3-6H2,1-2H3,(H,13,15). The van der Waals surface area contributed by atoms with Gasteiger partial charge >= 0.3 is 0 Å². The second-order valence-corrected chi connectivity index (χ2v) is 5.47. The molecule has 17 heavy (non-hydrogen) atoms. The predicted molar refractivity (Wildman–Crippen MR) is 67.5 cm³/mol. The van der Waals surface area contributed by atoms with Crippen LogP contribution in [-0.4, -0.2) is 29.5 Å². The number of nitrogens with one attached hydrogen (secondary N) is 1. The first-order chi connectivity index (χ1) is 8.16. The van der Waals surface area contributed by atoms with Gasteiger partial charge in [-0.25, -0.2) is 0 Å². The number of amides is 1. The van der Waals surface area contributed by atoms with Crippen LogP contribution in [-0.2, 0) is 4.74 Å². The molecule has 1 aliphatic heterocycles. The molecule has 2 heterocycles. The number of rotatable bonds is 3. The third-order valence-electron chi connectivity index (χ3n) is 2.89. The number of ether oxygens (including phenoxy) is 1. The molecule has 0 bridgehead atoms. The van der Waals surface area contributed by atoms with Crippen LogP contribution in [0.3, 0.4) is 0 Å². The summed E-state index contributed by atoms with van der Waals surface area (Å²) in [5.41, 5.74) is 0.546. The lowest BCUT2D eigenvalue weighted by Gasteiger charge is -2.22. The van der Waals surface area contributed by atoms with Gasteiger partial charge in [0.25, 0.3) is 5.91 Å². The Morgan fingerprint density at radius 3 is 2.82 bits per heavy atom. The second-order valence-electron chi connectivity index (χ2n) is 4.63. The molecule has 0 spiro atoms. The molecule has 0 radical (unpaired) electrons. The maximum absolute atomic E-state index is 11.9. The summed E-state index contributed by atoms with van der Waals surface area (Å²) in [6, 6.07) is 2.13. The summed E-state index contributed by atoms with van der Waals surface area (Å²) < 4.78 is 9.46. The van der Waals surface area contributed by atoms with Crippen LogP contribution in [0, 0.1) is 0 Å². The van der Waals surface area contributed by atoms with E-state index in [1.165, 1.54) is 11.5 Å². The lowest BCUT2D eigenvalue weighted by Crippen LogP contribution is -2.39. The number of carbonyl (C=O) groups excluding carboxylic acids is 1. The Labute approximate surface area is 106 Å². The van der Waals surface area contributed by atoms with Gasteiger partial charge in [-0.15, -0.1) is 0 Å². The van der Waals surface area contributed by atoms with Gasteiger partial charge in [0.15, 0.2) is 0 Å². The maximum Gasteiger partial charge on any atom is 0.271 e. The molecule has 4 nitrogen and oxygen atoms in total. The Morgan fingerprint density at radius 2 is 2.24 bits per heavy atom. The Kier molecular flexibility index (Phi) is 4.12. The van der Waals surface area contributed by atoms with Crippen molar-refractivity contribution >= 4 is 17.4 Å². The molecule has 94 valence electrons. The zero-order valence-electron chi connectivity index (χ0n) is 10.2. The Hall–Kier alpha value is -0.940. The summed E-state index contributed by atoms with van der Waals surface area (Å²) >= 11 is 1.41. The first-order valence-corrected chi connectivity index (χ1v) is 6.79. The summed E-state index contributed by atoms with van der Waals surface area (Å²) in [5.74, 6) is 0.372. The van der Waals surface area contributed by atoms with E-state index in [0.717, 1.165) is 30.9 Å². The fourth-order valence-electron chi connectivity index (χ4n) is 1.77. The van der Waals surface area contributed by atoms with E-state index in [9.17, 15) is 4.79 Å². The van der Waals surface area contributed by atoms with E-state index in [1.807, 2.05) is 6.07 Å². The lowest BCUT2D eigenvalue weighted by molar-refractivity contribution is 0.0694. The molecule has 1 amide bonds. The fourth-order valence-corrected chi connectivity index (χ4v) is 2.48. The van der Waals surface area contributed by atoms with Crippen molar-refractivity contribution in [3.05, 3.63) is 16.6 Å². The van der Waals surface area contributed by atoms with Crippen LogP contribution in [0.1, 0.15) is 48.0 Å². The first kappa shape index (κ1) is 12.5. The smallest absolute Gasteiger partial charge is 0.271 e. The molecule has 0 atom stereocenters. The van der Waals surface area contributed by atoms with Crippen LogP contribution in [0.2, 0.25) is 0 Å². The van der Waals surface area contributed by atoms with Gasteiger partial charge in [-0.1, -0.05) is 13.8 Å². The topological polar surface area (TPSA) is 51.2 Å². The van der Waals surface area contributed by atoms with Crippen molar-refractivity contribution in [3.63, 3.8) is 0 Å². The van der Waals surface area contributed by atoms with Crippen molar-refractivity contribution < 1.29 is 9.53 Å². The minimum atomic E-state index is -0.0555. The highest BCUT2D eigenvalue weighted by Crippen LogP contribution is 2.20. The molecule has 1 aliphatic rings. The monoisotopic (exact) mass is 254 g/mol. The molecular formula is C12H18N2O2S. The minimum Gasteiger partial charge on any atom is -0.381 e. The number of carbonyl (C=O) groups is 1. The molecule has 0 aromatic carbocycles.